The number of ether oxygens (including phenoxy) is 2. The summed E-state index contributed by atoms with van der Waals surface area (Å²) in [5.74, 6) is 2.34. The third-order valence-corrected chi connectivity index (χ3v) is 8.50. The van der Waals surface area contributed by atoms with Gasteiger partial charge in [-0.3, -0.25) is 10.0 Å². The summed E-state index contributed by atoms with van der Waals surface area (Å²) >= 11 is 2.22. The standard InChI is InChI=1S/C23H41NO4S/c1-24(26)23(25)12-5-7-15-27-17-20-19(21-13-14-22(20)28-21)11-6-8-16-29-18-9-3-2-4-10-18/h18-22,26H,2-17H2,1H3. The number of carbonyl (C=O) groups excluding carboxylic acids is 1. The highest BCUT2D eigenvalue weighted by atomic mass is 32.2. The first-order valence-corrected chi connectivity index (χ1v) is 13.0. The first-order chi connectivity index (χ1) is 14.1. The van der Waals surface area contributed by atoms with E-state index in [1.54, 1.807) is 0 Å². The highest BCUT2D eigenvalue weighted by Crippen LogP contribution is 2.45. The Labute approximate surface area is 181 Å². The zero-order valence-corrected chi connectivity index (χ0v) is 19.0. The van der Waals surface area contributed by atoms with Crippen molar-refractivity contribution in [3.8, 4) is 0 Å². The largest absolute Gasteiger partial charge is 0.381 e. The van der Waals surface area contributed by atoms with Gasteiger partial charge < -0.3 is 9.47 Å². The maximum atomic E-state index is 11.4. The van der Waals surface area contributed by atoms with Crippen molar-refractivity contribution < 1.29 is 19.5 Å². The van der Waals surface area contributed by atoms with Crippen LogP contribution >= 0.6 is 11.8 Å². The van der Waals surface area contributed by atoms with Gasteiger partial charge in [0.05, 0.1) is 18.8 Å². The van der Waals surface area contributed by atoms with Crippen LogP contribution in [0.5, 0.6) is 0 Å². The van der Waals surface area contributed by atoms with Crippen LogP contribution in [0.4, 0.5) is 0 Å². The fourth-order valence-corrected chi connectivity index (χ4v) is 6.70. The molecule has 4 unspecified atom stereocenters. The number of hydrogen-bond donors (Lipinski definition) is 1. The SMILES string of the molecule is CN(O)C(=O)CCCCOCC1C2CCC(O2)C1CCCCSC1CCCCC1. The van der Waals surface area contributed by atoms with Crippen LogP contribution in [-0.2, 0) is 14.3 Å². The number of amides is 1. The molecule has 0 radical (unpaired) electrons. The molecule has 0 aromatic rings. The topological polar surface area (TPSA) is 59.0 Å². The lowest BCUT2D eigenvalue weighted by Crippen LogP contribution is -2.31. The van der Waals surface area contributed by atoms with Gasteiger partial charge in [-0.25, -0.2) is 5.06 Å². The summed E-state index contributed by atoms with van der Waals surface area (Å²) in [6.07, 6.45) is 16.5. The molecule has 168 valence electrons. The van der Waals surface area contributed by atoms with Crippen LogP contribution in [0.1, 0.15) is 83.5 Å². The van der Waals surface area contributed by atoms with Crippen LogP contribution in [0.25, 0.3) is 0 Å². The van der Waals surface area contributed by atoms with Crippen molar-refractivity contribution >= 4 is 17.7 Å². The second-order valence-electron chi connectivity index (χ2n) is 9.19. The number of nitrogens with zero attached hydrogens (tertiary/aromatic N) is 1. The average Bonchev–Trinajstić information content (AvgIpc) is 3.33. The summed E-state index contributed by atoms with van der Waals surface area (Å²) in [6.45, 7) is 1.50. The number of carbonyl (C=O) groups is 1. The third kappa shape index (κ3) is 7.41. The Balaban J connectivity index is 1.26. The highest BCUT2D eigenvalue weighted by molar-refractivity contribution is 7.99. The van der Waals surface area contributed by atoms with Crippen LogP contribution in [0.3, 0.4) is 0 Å². The van der Waals surface area contributed by atoms with Gasteiger partial charge in [0.25, 0.3) is 0 Å². The van der Waals surface area contributed by atoms with Gasteiger partial charge in [-0.1, -0.05) is 25.7 Å². The molecule has 0 spiro atoms. The van der Waals surface area contributed by atoms with E-state index < -0.39 is 0 Å². The van der Waals surface area contributed by atoms with E-state index in [9.17, 15) is 4.79 Å². The monoisotopic (exact) mass is 427 g/mol. The van der Waals surface area contributed by atoms with E-state index in [1.165, 1.54) is 77.0 Å². The highest BCUT2D eigenvalue weighted by Gasteiger charge is 2.48. The Morgan fingerprint density at radius 1 is 1.03 bits per heavy atom. The number of fused-ring (bicyclic) bond motifs is 2. The van der Waals surface area contributed by atoms with Gasteiger partial charge in [-0.15, -0.1) is 0 Å². The van der Waals surface area contributed by atoms with Gasteiger partial charge in [0, 0.05) is 31.2 Å². The molecule has 3 rings (SSSR count). The number of rotatable bonds is 13. The van der Waals surface area contributed by atoms with Crippen LogP contribution in [-0.4, -0.2) is 59.6 Å². The summed E-state index contributed by atoms with van der Waals surface area (Å²) in [6, 6.07) is 0. The molecule has 3 fully saturated rings. The van der Waals surface area contributed by atoms with Gasteiger partial charge in [-0.2, -0.15) is 11.8 Å². The van der Waals surface area contributed by atoms with Crippen LogP contribution < -0.4 is 0 Å². The molecular weight excluding hydrogens is 386 g/mol. The molecule has 0 aromatic heterocycles. The molecule has 1 aliphatic carbocycles. The van der Waals surface area contributed by atoms with E-state index in [0.29, 0.717) is 42.1 Å². The van der Waals surface area contributed by atoms with Crippen molar-refractivity contribution in [1.29, 1.82) is 0 Å². The molecule has 5 nitrogen and oxygen atoms in total. The zero-order valence-electron chi connectivity index (χ0n) is 18.2. The molecule has 4 atom stereocenters. The normalized spacial score (nSPS) is 29.4. The number of hydrogen-bond acceptors (Lipinski definition) is 5. The molecule has 3 aliphatic rings. The molecular formula is C23H41NO4S. The Morgan fingerprint density at radius 2 is 1.79 bits per heavy atom. The summed E-state index contributed by atoms with van der Waals surface area (Å²) < 4.78 is 12.2. The van der Waals surface area contributed by atoms with Gasteiger partial charge in [0.1, 0.15) is 0 Å². The third-order valence-electron chi connectivity index (χ3n) is 7.03. The number of unbranched alkanes of at least 4 members (excludes halogenated alkanes) is 2. The van der Waals surface area contributed by atoms with Crippen LogP contribution in [0, 0.1) is 11.8 Å². The predicted octanol–water partition coefficient (Wildman–Crippen LogP) is 5.05. The molecule has 0 aromatic carbocycles. The van der Waals surface area contributed by atoms with Crippen molar-refractivity contribution in [2.45, 2.75) is 101 Å². The molecule has 2 heterocycles. The second-order valence-corrected chi connectivity index (χ2v) is 10.6. The molecule has 1 saturated carbocycles. The quantitative estimate of drug-likeness (QED) is 0.253. The molecule has 6 heteroatoms. The predicted molar refractivity (Wildman–Crippen MR) is 117 cm³/mol. The van der Waals surface area contributed by atoms with E-state index in [2.05, 4.69) is 11.8 Å². The lowest BCUT2D eigenvalue weighted by molar-refractivity contribution is -0.159. The Hall–Kier alpha value is -0.300. The fraction of sp³-hybridized carbons (Fsp3) is 0.957. The van der Waals surface area contributed by atoms with Gasteiger partial charge >= 0.3 is 0 Å². The maximum Gasteiger partial charge on any atom is 0.245 e. The van der Waals surface area contributed by atoms with Gasteiger partial charge in [0.15, 0.2) is 0 Å². The van der Waals surface area contributed by atoms with Crippen molar-refractivity contribution in [2.24, 2.45) is 11.8 Å². The van der Waals surface area contributed by atoms with Crippen molar-refractivity contribution in [1.82, 2.24) is 5.06 Å². The van der Waals surface area contributed by atoms with E-state index in [1.807, 2.05) is 0 Å². The molecule has 2 aliphatic heterocycles. The Morgan fingerprint density at radius 3 is 2.55 bits per heavy atom. The van der Waals surface area contributed by atoms with E-state index in [0.717, 1.165) is 24.7 Å². The number of thioether (sulfide) groups is 1. The maximum absolute atomic E-state index is 11.4. The minimum Gasteiger partial charge on any atom is -0.381 e. The smallest absolute Gasteiger partial charge is 0.245 e. The molecule has 1 N–H and O–H groups in total. The summed E-state index contributed by atoms with van der Waals surface area (Å²) in [4.78, 5) is 11.4. The number of hydroxylamine groups is 2. The lowest BCUT2D eigenvalue weighted by Gasteiger charge is -2.28. The zero-order chi connectivity index (χ0) is 20.5. The van der Waals surface area contributed by atoms with Gasteiger partial charge in [-0.05, 0) is 63.0 Å². The van der Waals surface area contributed by atoms with E-state index >= 15 is 0 Å². The van der Waals surface area contributed by atoms with Gasteiger partial charge in [0.2, 0.25) is 5.91 Å². The Kier molecular flexibility index (Phi) is 10.1. The average molecular weight is 428 g/mol. The molecule has 1 amide bonds. The summed E-state index contributed by atoms with van der Waals surface area (Å²) in [5.41, 5.74) is 0. The van der Waals surface area contributed by atoms with Crippen molar-refractivity contribution in [3.05, 3.63) is 0 Å². The summed E-state index contributed by atoms with van der Waals surface area (Å²) in [5, 5.41) is 10.7. The first kappa shape index (κ1) is 23.4. The van der Waals surface area contributed by atoms with Crippen molar-refractivity contribution in [2.75, 3.05) is 26.0 Å². The first-order valence-electron chi connectivity index (χ1n) is 12.0. The Bertz CT molecular complexity index is 483. The van der Waals surface area contributed by atoms with E-state index in [-0.39, 0.29) is 5.91 Å². The molecule has 29 heavy (non-hydrogen) atoms. The molecule has 2 saturated heterocycles. The van der Waals surface area contributed by atoms with Crippen molar-refractivity contribution in [3.63, 3.8) is 0 Å². The minimum atomic E-state index is -0.229. The molecule has 2 bridgehead atoms. The van der Waals surface area contributed by atoms with Crippen LogP contribution in [0.2, 0.25) is 0 Å². The summed E-state index contributed by atoms with van der Waals surface area (Å²) in [7, 11) is 1.38. The van der Waals surface area contributed by atoms with Crippen LogP contribution in [0.15, 0.2) is 0 Å². The fourth-order valence-electron chi connectivity index (χ4n) is 5.33. The lowest BCUT2D eigenvalue weighted by atomic mass is 9.77. The second kappa shape index (κ2) is 12.5. The van der Waals surface area contributed by atoms with E-state index in [4.69, 9.17) is 14.7 Å². The minimum absolute atomic E-state index is 0.229.